The monoisotopic (exact) mass is 368 g/mol. The lowest BCUT2D eigenvalue weighted by Gasteiger charge is -2.17. The fraction of sp³-hybridized carbons (Fsp3) is 0.429. The van der Waals surface area contributed by atoms with Crippen LogP contribution in [0.25, 0.3) is 21.8 Å². The third-order valence-corrected chi connectivity index (χ3v) is 5.30. The van der Waals surface area contributed by atoms with Gasteiger partial charge in [0.2, 0.25) is 0 Å². The first-order valence-corrected chi connectivity index (χ1v) is 9.56. The Bertz CT molecular complexity index is 1030. The van der Waals surface area contributed by atoms with E-state index in [0.29, 0.717) is 17.6 Å². The topological polar surface area (TPSA) is 59.3 Å². The van der Waals surface area contributed by atoms with E-state index in [-0.39, 0.29) is 11.5 Å². The second kappa shape index (κ2) is 7.96. The lowest BCUT2D eigenvalue weighted by Crippen LogP contribution is -2.31. The molecule has 0 spiro atoms. The number of benzene rings is 1. The molecule has 0 unspecified atom stereocenters. The van der Waals surface area contributed by atoms with Crippen molar-refractivity contribution in [3.8, 4) is 0 Å². The third kappa shape index (κ3) is 3.49. The molecule has 27 heavy (non-hydrogen) atoms. The normalized spacial score (nSPS) is 11.6. The van der Waals surface area contributed by atoms with Gasteiger partial charge in [0, 0.05) is 43.1 Å². The predicted molar refractivity (Wildman–Crippen MR) is 110 cm³/mol. The SMILES string of the molecule is CCN(CC)CCCNC(=O)c1cn(C)c(=O)c2c1c1ccccc1n2C. The fourth-order valence-corrected chi connectivity index (χ4v) is 3.71. The van der Waals surface area contributed by atoms with Gasteiger partial charge in [0.05, 0.1) is 5.56 Å². The molecule has 144 valence electrons. The Morgan fingerprint density at radius 2 is 1.85 bits per heavy atom. The minimum absolute atomic E-state index is 0.0956. The average molecular weight is 368 g/mol. The molecule has 3 aromatic rings. The molecular formula is C21H28N4O2. The first-order valence-electron chi connectivity index (χ1n) is 9.56. The number of carbonyl (C=O) groups excluding carboxylic acids is 1. The number of pyridine rings is 1. The smallest absolute Gasteiger partial charge is 0.274 e. The molecule has 6 nitrogen and oxygen atoms in total. The second-order valence-corrected chi connectivity index (χ2v) is 6.89. The Morgan fingerprint density at radius 1 is 1.15 bits per heavy atom. The van der Waals surface area contributed by atoms with Crippen LogP contribution in [0, 0.1) is 0 Å². The van der Waals surface area contributed by atoms with Crippen molar-refractivity contribution in [2.24, 2.45) is 14.1 Å². The highest BCUT2D eigenvalue weighted by Crippen LogP contribution is 2.28. The van der Waals surface area contributed by atoms with E-state index >= 15 is 0 Å². The number of amides is 1. The quantitative estimate of drug-likeness (QED) is 0.652. The van der Waals surface area contributed by atoms with Gasteiger partial charge in [0.15, 0.2) is 0 Å². The number of hydrogen-bond acceptors (Lipinski definition) is 3. The second-order valence-electron chi connectivity index (χ2n) is 6.89. The number of nitrogens with zero attached hydrogens (tertiary/aromatic N) is 3. The Labute approximate surface area is 159 Å². The molecule has 0 fully saturated rings. The van der Waals surface area contributed by atoms with Crippen LogP contribution in [-0.2, 0) is 14.1 Å². The van der Waals surface area contributed by atoms with Gasteiger partial charge in [-0.15, -0.1) is 0 Å². The van der Waals surface area contributed by atoms with Crippen LogP contribution < -0.4 is 10.9 Å². The minimum atomic E-state index is -0.133. The first-order chi connectivity index (χ1) is 13.0. The van der Waals surface area contributed by atoms with E-state index in [4.69, 9.17) is 0 Å². The molecule has 1 N–H and O–H groups in total. The van der Waals surface area contributed by atoms with Crippen molar-refractivity contribution in [3.05, 3.63) is 46.4 Å². The van der Waals surface area contributed by atoms with E-state index in [9.17, 15) is 9.59 Å². The van der Waals surface area contributed by atoms with Crippen molar-refractivity contribution < 1.29 is 4.79 Å². The maximum Gasteiger partial charge on any atom is 0.274 e. The van der Waals surface area contributed by atoms with Crippen molar-refractivity contribution in [2.45, 2.75) is 20.3 Å². The van der Waals surface area contributed by atoms with Gasteiger partial charge in [-0.25, -0.2) is 0 Å². The fourth-order valence-electron chi connectivity index (χ4n) is 3.71. The summed E-state index contributed by atoms with van der Waals surface area (Å²) < 4.78 is 3.37. The third-order valence-electron chi connectivity index (χ3n) is 5.30. The Hall–Kier alpha value is -2.60. The average Bonchev–Trinajstić information content (AvgIpc) is 2.98. The van der Waals surface area contributed by atoms with Crippen molar-refractivity contribution >= 4 is 27.7 Å². The molecule has 0 saturated carbocycles. The highest BCUT2D eigenvalue weighted by molar-refractivity contribution is 6.17. The number of rotatable bonds is 7. The zero-order valence-corrected chi connectivity index (χ0v) is 16.6. The Morgan fingerprint density at radius 3 is 2.56 bits per heavy atom. The van der Waals surface area contributed by atoms with Gasteiger partial charge >= 0.3 is 0 Å². The molecule has 0 atom stereocenters. The van der Waals surface area contributed by atoms with Gasteiger partial charge < -0.3 is 19.4 Å². The van der Waals surface area contributed by atoms with E-state index in [1.807, 2.05) is 35.9 Å². The number of aryl methyl sites for hydroxylation is 2. The van der Waals surface area contributed by atoms with Crippen LogP contribution >= 0.6 is 0 Å². The van der Waals surface area contributed by atoms with E-state index in [0.717, 1.165) is 42.3 Å². The molecular weight excluding hydrogens is 340 g/mol. The molecule has 0 saturated heterocycles. The summed E-state index contributed by atoms with van der Waals surface area (Å²) >= 11 is 0. The lowest BCUT2D eigenvalue weighted by atomic mass is 10.1. The van der Waals surface area contributed by atoms with Crippen molar-refractivity contribution in [1.29, 1.82) is 0 Å². The van der Waals surface area contributed by atoms with E-state index in [1.54, 1.807) is 13.2 Å². The van der Waals surface area contributed by atoms with E-state index in [2.05, 4.69) is 24.1 Å². The number of fused-ring (bicyclic) bond motifs is 3. The van der Waals surface area contributed by atoms with Gasteiger partial charge in [-0.3, -0.25) is 9.59 Å². The number of nitrogens with one attached hydrogen (secondary N) is 1. The van der Waals surface area contributed by atoms with Crippen molar-refractivity contribution in [2.75, 3.05) is 26.2 Å². The molecule has 1 aromatic carbocycles. The van der Waals surface area contributed by atoms with Crippen LogP contribution in [0.3, 0.4) is 0 Å². The number of carbonyl (C=O) groups is 1. The molecule has 0 radical (unpaired) electrons. The van der Waals surface area contributed by atoms with Crippen LogP contribution in [0.15, 0.2) is 35.3 Å². The standard InChI is InChI=1S/C21H28N4O2/c1-5-25(6-2)13-9-12-22-20(26)16-14-23(3)21(27)19-18(16)15-10-7-8-11-17(15)24(19)4/h7-8,10-11,14H,5-6,9,12-13H2,1-4H3,(H,22,26). The number of hydrogen-bond donors (Lipinski definition) is 1. The molecule has 1 amide bonds. The summed E-state index contributed by atoms with van der Waals surface area (Å²) in [7, 11) is 3.56. The molecule has 2 aromatic heterocycles. The highest BCUT2D eigenvalue weighted by atomic mass is 16.2. The van der Waals surface area contributed by atoms with Crippen LogP contribution in [0.4, 0.5) is 0 Å². The summed E-state index contributed by atoms with van der Waals surface area (Å²) in [5.74, 6) is -0.133. The number of para-hydroxylation sites is 1. The Balaban J connectivity index is 1.95. The maximum atomic E-state index is 12.9. The van der Waals surface area contributed by atoms with Crippen LogP contribution in [-0.4, -0.2) is 46.1 Å². The molecule has 2 heterocycles. The van der Waals surface area contributed by atoms with E-state index < -0.39 is 0 Å². The highest BCUT2D eigenvalue weighted by Gasteiger charge is 2.20. The largest absolute Gasteiger partial charge is 0.352 e. The molecule has 0 aliphatic carbocycles. The lowest BCUT2D eigenvalue weighted by molar-refractivity contribution is 0.0953. The van der Waals surface area contributed by atoms with E-state index in [1.165, 1.54) is 4.57 Å². The molecule has 3 rings (SSSR count). The summed E-state index contributed by atoms with van der Waals surface area (Å²) in [4.78, 5) is 27.9. The first kappa shape index (κ1) is 19.2. The maximum absolute atomic E-state index is 12.9. The Kier molecular flexibility index (Phi) is 5.65. The molecule has 0 bridgehead atoms. The van der Waals surface area contributed by atoms with Crippen molar-refractivity contribution in [3.63, 3.8) is 0 Å². The summed E-state index contributed by atoms with van der Waals surface area (Å²) in [6.45, 7) is 7.89. The predicted octanol–water partition coefficient (Wildman–Crippen LogP) is 2.49. The summed E-state index contributed by atoms with van der Waals surface area (Å²) in [5, 5.41) is 4.69. The van der Waals surface area contributed by atoms with Gasteiger partial charge in [-0.2, -0.15) is 0 Å². The summed E-state index contributed by atoms with van der Waals surface area (Å²) in [5.41, 5.74) is 1.97. The van der Waals surface area contributed by atoms with Gasteiger partial charge in [-0.05, 0) is 32.1 Å². The minimum Gasteiger partial charge on any atom is -0.352 e. The molecule has 6 heteroatoms. The van der Waals surface area contributed by atoms with Gasteiger partial charge in [-0.1, -0.05) is 32.0 Å². The van der Waals surface area contributed by atoms with Crippen molar-refractivity contribution in [1.82, 2.24) is 19.4 Å². The summed E-state index contributed by atoms with van der Waals surface area (Å²) in [6.07, 6.45) is 2.55. The molecule has 0 aliphatic rings. The van der Waals surface area contributed by atoms with Crippen LogP contribution in [0.5, 0.6) is 0 Å². The summed E-state index contributed by atoms with van der Waals surface area (Å²) in [6, 6.07) is 7.82. The molecule has 0 aliphatic heterocycles. The van der Waals surface area contributed by atoms with Gasteiger partial charge in [0.25, 0.3) is 11.5 Å². The zero-order valence-electron chi connectivity index (χ0n) is 16.6. The van der Waals surface area contributed by atoms with Crippen LogP contribution in [0.2, 0.25) is 0 Å². The zero-order chi connectivity index (χ0) is 19.6. The van der Waals surface area contributed by atoms with Crippen LogP contribution in [0.1, 0.15) is 30.6 Å². The van der Waals surface area contributed by atoms with Gasteiger partial charge in [0.1, 0.15) is 5.52 Å². The number of aromatic nitrogens is 2.